The SMILES string of the molecule is O=C(O)C1CCc2sc3nc(-c4ccc5c(c4)OCCO5)cn3c21. The van der Waals surface area contributed by atoms with Crippen LogP contribution in [0.4, 0.5) is 0 Å². The summed E-state index contributed by atoms with van der Waals surface area (Å²) in [4.78, 5) is 18.1. The minimum atomic E-state index is -0.761. The first-order valence-corrected chi connectivity index (χ1v) is 8.66. The number of carbonyl (C=O) groups is 1. The number of ether oxygens (including phenoxy) is 2. The molecule has 1 unspecified atom stereocenters. The monoisotopic (exact) mass is 342 g/mol. The highest BCUT2D eigenvalue weighted by Gasteiger charge is 2.33. The first-order chi connectivity index (χ1) is 11.7. The maximum absolute atomic E-state index is 11.5. The third-order valence-corrected chi connectivity index (χ3v) is 5.69. The van der Waals surface area contributed by atoms with Crippen LogP contribution in [-0.2, 0) is 11.2 Å². The molecule has 0 amide bonds. The van der Waals surface area contributed by atoms with E-state index >= 15 is 0 Å². The molecule has 0 saturated heterocycles. The van der Waals surface area contributed by atoms with E-state index in [4.69, 9.17) is 9.47 Å². The van der Waals surface area contributed by atoms with Crippen LogP contribution in [0.15, 0.2) is 24.4 Å². The van der Waals surface area contributed by atoms with Gasteiger partial charge in [0.25, 0.3) is 0 Å². The van der Waals surface area contributed by atoms with Gasteiger partial charge in [-0.05, 0) is 31.0 Å². The Morgan fingerprint density at radius 3 is 2.96 bits per heavy atom. The van der Waals surface area contributed by atoms with Gasteiger partial charge in [-0.15, -0.1) is 11.3 Å². The predicted molar refractivity (Wildman–Crippen MR) is 88.2 cm³/mol. The van der Waals surface area contributed by atoms with E-state index in [0.29, 0.717) is 19.6 Å². The molecule has 2 aliphatic rings. The lowest BCUT2D eigenvalue weighted by molar-refractivity contribution is -0.138. The highest BCUT2D eigenvalue weighted by Crippen LogP contribution is 2.40. The number of rotatable bonds is 2. The Bertz CT molecular complexity index is 975. The van der Waals surface area contributed by atoms with Gasteiger partial charge in [-0.1, -0.05) is 0 Å². The fourth-order valence-corrected chi connectivity index (χ4v) is 4.62. The topological polar surface area (TPSA) is 73.1 Å². The Labute approximate surface area is 141 Å². The van der Waals surface area contributed by atoms with Gasteiger partial charge in [-0.25, -0.2) is 4.98 Å². The molecule has 0 fully saturated rings. The van der Waals surface area contributed by atoms with Crippen molar-refractivity contribution in [1.29, 1.82) is 0 Å². The van der Waals surface area contributed by atoms with E-state index < -0.39 is 11.9 Å². The van der Waals surface area contributed by atoms with Gasteiger partial charge < -0.3 is 14.6 Å². The summed E-state index contributed by atoms with van der Waals surface area (Å²) in [5, 5.41) is 9.43. The van der Waals surface area contributed by atoms with Gasteiger partial charge in [0.15, 0.2) is 16.5 Å². The number of carboxylic acids is 1. The maximum Gasteiger partial charge on any atom is 0.312 e. The molecule has 6 nitrogen and oxygen atoms in total. The van der Waals surface area contributed by atoms with E-state index in [0.717, 1.165) is 44.7 Å². The molecule has 1 aliphatic heterocycles. The zero-order chi connectivity index (χ0) is 16.3. The molecule has 5 rings (SSSR count). The van der Waals surface area contributed by atoms with Crippen molar-refractivity contribution in [3.8, 4) is 22.8 Å². The number of carboxylic acid groups (broad SMARTS) is 1. The summed E-state index contributed by atoms with van der Waals surface area (Å²) in [6, 6.07) is 5.77. The third-order valence-electron chi connectivity index (χ3n) is 4.56. The quantitative estimate of drug-likeness (QED) is 0.775. The van der Waals surface area contributed by atoms with Crippen molar-refractivity contribution in [2.24, 2.45) is 0 Å². The average Bonchev–Trinajstić information content (AvgIpc) is 3.24. The van der Waals surface area contributed by atoms with Crippen molar-refractivity contribution in [3.63, 3.8) is 0 Å². The number of hydrogen-bond donors (Lipinski definition) is 1. The van der Waals surface area contributed by atoms with Gasteiger partial charge >= 0.3 is 5.97 Å². The number of aryl methyl sites for hydroxylation is 1. The summed E-state index contributed by atoms with van der Waals surface area (Å²) >= 11 is 1.58. The second-order valence-corrected chi connectivity index (χ2v) is 7.04. The van der Waals surface area contributed by atoms with E-state index in [-0.39, 0.29) is 0 Å². The lowest BCUT2D eigenvalue weighted by Crippen LogP contribution is -2.15. The number of fused-ring (bicyclic) bond motifs is 4. The van der Waals surface area contributed by atoms with E-state index in [1.165, 1.54) is 0 Å². The number of thiazole rings is 1. The van der Waals surface area contributed by atoms with Crippen molar-refractivity contribution in [3.05, 3.63) is 35.0 Å². The Hall–Kier alpha value is -2.54. The molecule has 0 saturated carbocycles. The zero-order valence-corrected chi connectivity index (χ0v) is 13.5. The zero-order valence-electron chi connectivity index (χ0n) is 12.7. The molecule has 3 heterocycles. The Morgan fingerprint density at radius 1 is 1.29 bits per heavy atom. The average molecular weight is 342 g/mol. The van der Waals surface area contributed by atoms with Crippen LogP contribution in [0.1, 0.15) is 22.9 Å². The Morgan fingerprint density at radius 2 is 2.12 bits per heavy atom. The van der Waals surface area contributed by atoms with E-state index in [9.17, 15) is 9.90 Å². The standard InChI is InChI=1S/C17H14N2O4S/c20-16(21)10-2-4-14-15(10)19-8-11(18-17(19)24-14)9-1-3-12-13(7-9)23-6-5-22-12/h1,3,7-8,10H,2,4-6H2,(H,20,21). The summed E-state index contributed by atoms with van der Waals surface area (Å²) in [5.74, 6) is 0.278. The van der Waals surface area contributed by atoms with Crippen LogP contribution in [0.2, 0.25) is 0 Å². The van der Waals surface area contributed by atoms with Gasteiger partial charge in [0.05, 0.1) is 17.3 Å². The molecule has 1 atom stereocenters. The smallest absolute Gasteiger partial charge is 0.312 e. The molecule has 24 heavy (non-hydrogen) atoms. The Balaban J connectivity index is 1.60. The van der Waals surface area contributed by atoms with Crippen molar-refractivity contribution >= 4 is 22.3 Å². The number of hydrogen-bond acceptors (Lipinski definition) is 5. The highest BCUT2D eigenvalue weighted by molar-refractivity contribution is 7.17. The van der Waals surface area contributed by atoms with Crippen LogP contribution in [-0.4, -0.2) is 33.7 Å². The maximum atomic E-state index is 11.5. The van der Waals surface area contributed by atoms with Gasteiger partial charge in [0.1, 0.15) is 13.2 Å². The second kappa shape index (κ2) is 4.98. The van der Waals surface area contributed by atoms with Crippen LogP contribution in [0.3, 0.4) is 0 Å². The van der Waals surface area contributed by atoms with Crippen molar-refractivity contribution in [2.75, 3.05) is 13.2 Å². The number of benzene rings is 1. The lowest BCUT2D eigenvalue weighted by Gasteiger charge is -2.18. The molecular weight excluding hydrogens is 328 g/mol. The fraction of sp³-hybridized carbons (Fsp3) is 0.294. The molecule has 1 aromatic carbocycles. The molecule has 0 spiro atoms. The Kier molecular flexibility index (Phi) is 2.87. The molecule has 0 radical (unpaired) electrons. The van der Waals surface area contributed by atoms with E-state index in [2.05, 4.69) is 4.98 Å². The minimum Gasteiger partial charge on any atom is -0.486 e. The van der Waals surface area contributed by atoms with E-state index in [1.54, 1.807) is 11.3 Å². The first-order valence-electron chi connectivity index (χ1n) is 7.84. The molecule has 2 aromatic heterocycles. The third kappa shape index (κ3) is 1.94. The van der Waals surface area contributed by atoms with Crippen LogP contribution in [0.25, 0.3) is 16.2 Å². The second-order valence-electron chi connectivity index (χ2n) is 5.98. The number of aliphatic carboxylic acids is 1. The van der Waals surface area contributed by atoms with E-state index in [1.807, 2.05) is 28.8 Å². The number of aromatic nitrogens is 2. The fourth-order valence-electron chi connectivity index (χ4n) is 3.44. The lowest BCUT2D eigenvalue weighted by atomic mass is 10.1. The van der Waals surface area contributed by atoms with Crippen LogP contribution >= 0.6 is 11.3 Å². The van der Waals surface area contributed by atoms with Gasteiger partial charge in [0.2, 0.25) is 0 Å². The molecule has 7 heteroatoms. The van der Waals surface area contributed by atoms with Crippen LogP contribution < -0.4 is 9.47 Å². The van der Waals surface area contributed by atoms with Crippen LogP contribution in [0.5, 0.6) is 11.5 Å². The van der Waals surface area contributed by atoms with Gasteiger partial charge in [-0.3, -0.25) is 9.20 Å². The van der Waals surface area contributed by atoms with Crippen molar-refractivity contribution in [2.45, 2.75) is 18.8 Å². The van der Waals surface area contributed by atoms with Gasteiger partial charge in [-0.2, -0.15) is 0 Å². The summed E-state index contributed by atoms with van der Waals surface area (Å²) < 4.78 is 13.1. The molecule has 122 valence electrons. The van der Waals surface area contributed by atoms with Crippen molar-refractivity contribution in [1.82, 2.24) is 9.38 Å². The largest absolute Gasteiger partial charge is 0.486 e. The molecule has 3 aromatic rings. The van der Waals surface area contributed by atoms with Crippen molar-refractivity contribution < 1.29 is 19.4 Å². The minimum absolute atomic E-state index is 0.434. The summed E-state index contributed by atoms with van der Waals surface area (Å²) in [6.45, 7) is 1.11. The molecule has 1 N–H and O–H groups in total. The van der Waals surface area contributed by atoms with Crippen LogP contribution in [0, 0.1) is 0 Å². The molecular formula is C17H14N2O4S. The van der Waals surface area contributed by atoms with Gasteiger partial charge in [0, 0.05) is 16.6 Å². The summed E-state index contributed by atoms with van der Waals surface area (Å²) in [6.07, 6.45) is 3.42. The summed E-state index contributed by atoms with van der Waals surface area (Å²) in [7, 11) is 0. The molecule has 0 bridgehead atoms. The number of imidazole rings is 1. The molecule has 1 aliphatic carbocycles. The normalized spacial score (nSPS) is 18.8. The predicted octanol–water partition coefficient (Wildman–Crippen LogP) is 2.95. The first kappa shape index (κ1) is 13.9. The summed E-state index contributed by atoms with van der Waals surface area (Å²) in [5.41, 5.74) is 2.64. The highest BCUT2D eigenvalue weighted by atomic mass is 32.1. The number of nitrogens with zero attached hydrogens (tertiary/aromatic N) is 2.